The Kier molecular flexibility index (Phi) is 4.22. The van der Waals surface area contributed by atoms with Crippen molar-refractivity contribution in [1.82, 2.24) is 14.7 Å². The third kappa shape index (κ3) is 3.03. The zero-order valence-corrected chi connectivity index (χ0v) is 12.5. The maximum Gasteiger partial charge on any atom is 0.323 e. The van der Waals surface area contributed by atoms with Crippen LogP contribution in [0.5, 0.6) is 0 Å². The average molecular weight is 301 g/mol. The van der Waals surface area contributed by atoms with Crippen LogP contribution in [0.2, 0.25) is 0 Å². The second-order valence-electron chi connectivity index (χ2n) is 5.48. The third-order valence-corrected chi connectivity index (χ3v) is 3.88. The average Bonchev–Trinajstić information content (AvgIpc) is 3.02. The first kappa shape index (κ1) is 14.7. The van der Waals surface area contributed by atoms with Gasteiger partial charge in [0.25, 0.3) is 0 Å². The Morgan fingerprint density at radius 2 is 2.36 bits per heavy atom. The van der Waals surface area contributed by atoms with Gasteiger partial charge in [0.05, 0.1) is 18.9 Å². The number of hydrogen-bond donors (Lipinski definition) is 1. The van der Waals surface area contributed by atoms with E-state index in [0.29, 0.717) is 19.7 Å². The van der Waals surface area contributed by atoms with E-state index in [1.165, 1.54) is 0 Å². The lowest BCUT2D eigenvalue weighted by Crippen LogP contribution is -2.49. The van der Waals surface area contributed by atoms with E-state index in [1.54, 1.807) is 6.20 Å². The van der Waals surface area contributed by atoms with Crippen molar-refractivity contribution in [2.45, 2.75) is 19.5 Å². The van der Waals surface area contributed by atoms with Crippen LogP contribution in [0.1, 0.15) is 11.1 Å². The number of carbonyl (C=O) groups is 1. The van der Waals surface area contributed by atoms with E-state index in [-0.39, 0.29) is 6.61 Å². The summed E-state index contributed by atoms with van der Waals surface area (Å²) in [4.78, 5) is 13.3. The van der Waals surface area contributed by atoms with E-state index >= 15 is 0 Å². The molecule has 1 aliphatic heterocycles. The summed E-state index contributed by atoms with van der Waals surface area (Å²) in [5.74, 6) is -0.840. The number of morpholine rings is 1. The van der Waals surface area contributed by atoms with Gasteiger partial charge in [-0.1, -0.05) is 17.7 Å². The van der Waals surface area contributed by atoms with Gasteiger partial charge in [-0.25, -0.2) is 4.68 Å². The van der Waals surface area contributed by atoms with Gasteiger partial charge in [-0.15, -0.1) is 0 Å². The van der Waals surface area contributed by atoms with E-state index in [2.05, 4.69) is 11.2 Å². The van der Waals surface area contributed by atoms with Crippen LogP contribution in [-0.4, -0.2) is 51.6 Å². The van der Waals surface area contributed by atoms with Gasteiger partial charge in [0, 0.05) is 25.5 Å². The molecule has 1 N–H and O–H groups in total. The minimum atomic E-state index is -0.840. The smallest absolute Gasteiger partial charge is 0.323 e. The Bertz CT molecular complexity index is 655. The number of aromatic nitrogens is 2. The van der Waals surface area contributed by atoms with Crippen LogP contribution in [0.25, 0.3) is 5.69 Å². The van der Waals surface area contributed by atoms with Crippen molar-refractivity contribution < 1.29 is 14.6 Å². The van der Waals surface area contributed by atoms with Gasteiger partial charge < -0.3 is 9.84 Å². The molecule has 0 unspecified atom stereocenters. The Morgan fingerprint density at radius 3 is 3.09 bits per heavy atom. The molecule has 3 rings (SSSR count). The minimum Gasteiger partial charge on any atom is -0.480 e. The molecule has 1 saturated heterocycles. The Hall–Kier alpha value is -2.18. The predicted octanol–water partition coefficient (Wildman–Crippen LogP) is 1.47. The summed E-state index contributed by atoms with van der Waals surface area (Å²) in [7, 11) is 0. The van der Waals surface area contributed by atoms with E-state index < -0.39 is 12.0 Å². The maximum absolute atomic E-state index is 11.4. The highest BCUT2D eigenvalue weighted by molar-refractivity contribution is 5.73. The monoisotopic (exact) mass is 301 g/mol. The summed E-state index contributed by atoms with van der Waals surface area (Å²) in [5, 5.41) is 13.6. The third-order valence-electron chi connectivity index (χ3n) is 3.88. The number of hydrogen-bond acceptors (Lipinski definition) is 4. The highest BCUT2D eigenvalue weighted by atomic mass is 16.5. The van der Waals surface area contributed by atoms with Crippen molar-refractivity contribution in [3.05, 3.63) is 47.8 Å². The Morgan fingerprint density at radius 1 is 1.50 bits per heavy atom. The summed E-state index contributed by atoms with van der Waals surface area (Å²) >= 11 is 0. The lowest BCUT2D eigenvalue weighted by Gasteiger charge is -2.33. The molecule has 1 aromatic heterocycles. The lowest BCUT2D eigenvalue weighted by molar-refractivity contribution is -0.150. The van der Waals surface area contributed by atoms with Crippen LogP contribution in [-0.2, 0) is 16.1 Å². The molecule has 0 bridgehead atoms. The molecule has 6 nitrogen and oxygen atoms in total. The topological polar surface area (TPSA) is 67.6 Å². The van der Waals surface area contributed by atoms with Gasteiger partial charge in [0.2, 0.25) is 0 Å². The fourth-order valence-corrected chi connectivity index (χ4v) is 2.75. The molecule has 1 fully saturated rings. The molecule has 2 aromatic rings. The quantitative estimate of drug-likeness (QED) is 0.926. The molecule has 0 aliphatic carbocycles. The molecular formula is C16H19N3O3. The van der Waals surface area contributed by atoms with Gasteiger partial charge >= 0.3 is 5.97 Å². The van der Waals surface area contributed by atoms with Gasteiger partial charge in [-0.2, -0.15) is 5.10 Å². The SMILES string of the molecule is Cc1ccc(-n2cccn2)c(CN2CCOC[C@@H]2C(=O)O)c1. The Labute approximate surface area is 128 Å². The molecule has 0 saturated carbocycles. The number of aliphatic carboxylic acids is 1. The number of carboxylic acid groups (broad SMARTS) is 1. The number of nitrogens with zero attached hydrogens (tertiary/aromatic N) is 3. The first-order valence-corrected chi connectivity index (χ1v) is 7.29. The number of carboxylic acids is 1. The number of aryl methyl sites for hydroxylation is 1. The van der Waals surface area contributed by atoms with Crippen molar-refractivity contribution in [3.63, 3.8) is 0 Å². The second-order valence-corrected chi connectivity index (χ2v) is 5.48. The standard InChI is InChI=1S/C16H19N3O3/c1-12-3-4-14(19-6-2-5-17-19)13(9-12)10-18-7-8-22-11-15(18)16(20)21/h2-6,9,15H,7-8,10-11H2,1H3,(H,20,21)/t15-/m1/s1. The van der Waals surface area contributed by atoms with Crippen molar-refractivity contribution in [2.75, 3.05) is 19.8 Å². The summed E-state index contributed by atoms with van der Waals surface area (Å²) in [5.41, 5.74) is 3.19. The van der Waals surface area contributed by atoms with Gasteiger partial charge in [-0.3, -0.25) is 9.69 Å². The fraction of sp³-hybridized carbons (Fsp3) is 0.375. The summed E-state index contributed by atoms with van der Waals surface area (Å²) < 4.78 is 7.11. The largest absolute Gasteiger partial charge is 0.480 e. The minimum absolute atomic E-state index is 0.234. The fourth-order valence-electron chi connectivity index (χ4n) is 2.75. The Balaban J connectivity index is 1.90. The summed E-state index contributed by atoms with van der Waals surface area (Å²) in [6, 6.07) is 7.42. The van der Waals surface area contributed by atoms with E-state index in [0.717, 1.165) is 16.8 Å². The van der Waals surface area contributed by atoms with Crippen LogP contribution >= 0.6 is 0 Å². The normalized spacial score (nSPS) is 19.2. The van der Waals surface area contributed by atoms with Crippen molar-refractivity contribution in [2.24, 2.45) is 0 Å². The molecule has 0 amide bonds. The molecule has 1 atom stereocenters. The van der Waals surface area contributed by atoms with E-state index in [4.69, 9.17) is 4.74 Å². The zero-order chi connectivity index (χ0) is 15.5. The first-order valence-electron chi connectivity index (χ1n) is 7.29. The molecule has 2 heterocycles. The molecular weight excluding hydrogens is 282 g/mol. The zero-order valence-electron chi connectivity index (χ0n) is 12.5. The maximum atomic E-state index is 11.4. The highest BCUT2D eigenvalue weighted by Gasteiger charge is 2.29. The van der Waals surface area contributed by atoms with Crippen LogP contribution < -0.4 is 0 Å². The van der Waals surface area contributed by atoms with Crippen molar-refractivity contribution >= 4 is 5.97 Å². The number of benzene rings is 1. The molecule has 22 heavy (non-hydrogen) atoms. The molecule has 1 aromatic carbocycles. The molecule has 6 heteroatoms. The lowest BCUT2D eigenvalue weighted by atomic mass is 10.1. The number of rotatable bonds is 4. The number of ether oxygens (including phenoxy) is 1. The van der Waals surface area contributed by atoms with Crippen LogP contribution in [0, 0.1) is 6.92 Å². The van der Waals surface area contributed by atoms with Crippen molar-refractivity contribution in [1.29, 1.82) is 0 Å². The first-order chi connectivity index (χ1) is 10.6. The van der Waals surface area contributed by atoms with Gasteiger partial charge in [-0.05, 0) is 24.6 Å². The molecule has 116 valence electrons. The van der Waals surface area contributed by atoms with Gasteiger partial charge in [0.1, 0.15) is 6.04 Å². The van der Waals surface area contributed by atoms with Crippen LogP contribution in [0.3, 0.4) is 0 Å². The molecule has 0 spiro atoms. The predicted molar refractivity (Wildman–Crippen MR) is 81.0 cm³/mol. The van der Waals surface area contributed by atoms with Crippen LogP contribution in [0.15, 0.2) is 36.7 Å². The molecule has 0 radical (unpaired) electrons. The second kappa shape index (κ2) is 6.29. The van der Waals surface area contributed by atoms with Crippen LogP contribution in [0.4, 0.5) is 0 Å². The summed E-state index contributed by atoms with van der Waals surface area (Å²) in [6.07, 6.45) is 3.63. The summed E-state index contributed by atoms with van der Waals surface area (Å²) in [6.45, 7) is 4.01. The highest BCUT2D eigenvalue weighted by Crippen LogP contribution is 2.20. The van der Waals surface area contributed by atoms with E-state index in [1.807, 2.05) is 40.9 Å². The van der Waals surface area contributed by atoms with E-state index in [9.17, 15) is 9.90 Å². The van der Waals surface area contributed by atoms with Gasteiger partial charge in [0.15, 0.2) is 0 Å². The van der Waals surface area contributed by atoms with Crippen molar-refractivity contribution in [3.8, 4) is 5.69 Å². The molecule has 1 aliphatic rings.